The number of carbonyl (C=O) groups excluding carboxylic acids is 1. The second-order valence-electron chi connectivity index (χ2n) is 10.5. The van der Waals surface area contributed by atoms with Crippen molar-refractivity contribution in [3.63, 3.8) is 0 Å². The number of nitrogens with two attached hydrogens (primary N) is 1. The first kappa shape index (κ1) is 23.4. The summed E-state index contributed by atoms with van der Waals surface area (Å²) in [5, 5.41) is 5.82. The van der Waals surface area contributed by atoms with Crippen LogP contribution < -0.4 is 5.14 Å². The van der Waals surface area contributed by atoms with E-state index >= 15 is 0 Å². The smallest absolute Gasteiger partial charge is 0.411 e. The number of halogens is 1. The highest BCUT2D eigenvalue weighted by molar-refractivity contribution is 7.90. The zero-order valence-electron chi connectivity index (χ0n) is 18.8. The predicted octanol–water partition coefficient (Wildman–Crippen LogP) is 4.63. The molecule has 2 aliphatic heterocycles. The number of nitrogens with zero attached hydrogens (tertiary/aromatic N) is 1. The van der Waals surface area contributed by atoms with Gasteiger partial charge in [-0.05, 0) is 96.4 Å². The van der Waals surface area contributed by atoms with Gasteiger partial charge in [-0.1, -0.05) is 6.07 Å². The van der Waals surface area contributed by atoms with Gasteiger partial charge in [0.15, 0.2) is 0 Å². The minimum Gasteiger partial charge on any atom is -0.598 e. The average Bonchev–Trinajstić information content (AvgIpc) is 2.97. The molecule has 2 aliphatic rings. The standard InChI is InChI=1S/C23H35FN2O3S/c1-21(2,3)29-20(27)26-19-9-7-16-6-8-18(24)14-17(16)10-12-23(26,13-11-19)15-22(4,5)30(25)28/h6,8,14,19H,7,9-13,15,25H2,1-5H3/t19-,23+,30+/m0/s1. The van der Waals surface area contributed by atoms with Crippen molar-refractivity contribution in [3.8, 4) is 0 Å². The molecule has 0 unspecified atom stereocenters. The monoisotopic (exact) mass is 438 g/mol. The maximum absolute atomic E-state index is 13.9. The van der Waals surface area contributed by atoms with Crippen molar-refractivity contribution in [1.82, 2.24) is 4.90 Å². The molecule has 1 fully saturated rings. The highest BCUT2D eigenvalue weighted by Gasteiger charge is 2.54. The Hall–Kier alpha value is -1.31. The number of rotatable bonds is 3. The van der Waals surface area contributed by atoms with Crippen LogP contribution in [0.5, 0.6) is 0 Å². The molecule has 168 valence electrons. The van der Waals surface area contributed by atoms with E-state index in [-0.39, 0.29) is 18.0 Å². The summed E-state index contributed by atoms with van der Waals surface area (Å²) in [5.41, 5.74) is 1.02. The first-order valence-corrected chi connectivity index (χ1v) is 12.0. The van der Waals surface area contributed by atoms with Crippen LogP contribution >= 0.6 is 0 Å². The van der Waals surface area contributed by atoms with Crippen molar-refractivity contribution in [2.45, 2.75) is 101 Å². The molecule has 2 heterocycles. The van der Waals surface area contributed by atoms with Crippen LogP contribution in [-0.2, 0) is 28.9 Å². The molecule has 1 aromatic carbocycles. The fourth-order valence-corrected chi connectivity index (χ4v) is 5.54. The van der Waals surface area contributed by atoms with Gasteiger partial charge in [0.1, 0.15) is 16.2 Å². The second kappa shape index (κ2) is 8.32. The molecule has 0 radical (unpaired) electrons. The third-order valence-corrected chi connectivity index (χ3v) is 7.72. The van der Waals surface area contributed by atoms with Crippen molar-refractivity contribution in [1.29, 1.82) is 0 Å². The number of benzene rings is 1. The normalized spacial score (nSPS) is 25.7. The fraction of sp³-hybridized carbons (Fsp3) is 0.696. The van der Waals surface area contributed by atoms with Crippen LogP contribution in [0.4, 0.5) is 9.18 Å². The average molecular weight is 439 g/mol. The highest BCUT2D eigenvalue weighted by Crippen LogP contribution is 2.47. The third-order valence-electron chi connectivity index (χ3n) is 6.48. The Morgan fingerprint density at radius 1 is 1.23 bits per heavy atom. The van der Waals surface area contributed by atoms with Crippen molar-refractivity contribution >= 4 is 17.5 Å². The zero-order valence-corrected chi connectivity index (χ0v) is 19.6. The SMILES string of the molecule is CC(C)(C)OC(=O)N1[C@H]2CCc3ccc(F)cc3CC[C@]1(CC(C)(C)[S@+](N)[O-])CC2. The van der Waals surface area contributed by atoms with E-state index < -0.39 is 27.2 Å². The Balaban J connectivity index is 2.02. The molecule has 7 heteroatoms. The Kier molecular flexibility index (Phi) is 6.48. The Labute approximate surface area is 182 Å². The molecule has 0 aromatic heterocycles. The molecule has 2 bridgehead atoms. The van der Waals surface area contributed by atoms with Gasteiger partial charge in [-0.3, -0.25) is 4.90 Å². The van der Waals surface area contributed by atoms with E-state index in [2.05, 4.69) is 0 Å². The topological polar surface area (TPSA) is 78.6 Å². The lowest BCUT2D eigenvalue weighted by molar-refractivity contribution is -0.00824. The second-order valence-corrected chi connectivity index (χ2v) is 12.2. The zero-order chi connectivity index (χ0) is 22.3. The van der Waals surface area contributed by atoms with Gasteiger partial charge in [0.25, 0.3) is 0 Å². The van der Waals surface area contributed by atoms with E-state index in [1.54, 1.807) is 6.07 Å². The van der Waals surface area contributed by atoms with E-state index in [0.29, 0.717) is 19.3 Å². The van der Waals surface area contributed by atoms with Crippen LogP contribution in [0.2, 0.25) is 0 Å². The van der Waals surface area contributed by atoms with Gasteiger partial charge >= 0.3 is 6.09 Å². The number of amides is 1. The molecule has 0 aliphatic carbocycles. The summed E-state index contributed by atoms with van der Waals surface area (Å²) in [7, 11) is 0. The van der Waals surface area contributed by atoms with Crippen molar-refractivity contribution in [2.75, 3.05) is 0 Å². The van der Waals surface area contributed by atoms with E-state index in [4.69, 9.17) is 9.88 Å². The molecule has 0 saturated carbocycles. The number of aryl methyl sites for hydroxylation is 2. The van der Waals surface area contributed by atoms with Crippen LogP contribution in [-0.4, -0.2) is 37.5 Å². The van der Waals surface area contributed by atoms with Gasteiger partial charge in [-0.15, -0.1) is 0 Å². The highest BCUT2D eigenvalue weighted by atomic mass is 32.2. The Morgan fingerprint density at radius 2 is 1.93 bits per heavy atom. The summed E-state index contributed by atoms with van der Waals surface area (Å²) >= 11 is -1.54. The predicted molar refractivity (Wildman–Crippen MR) is 118 cm³/mol. The molecule has 1 saturated heterocycles. The van der Waals surface area contributed by atoms with Gasteiger partial charge in [0.05, 0.1) is 5.54 Å². The maximum atomic E-state index is 13.9. The number of fused-ring (bicyclic) bond motifs is 3. The first-order chi connectivity index (χ1) is 13.8. The summed E-state index contributed by atoms with van der Waals surface area (Å²) < 4.78 is 31.4. The molecule has 3 atom stereocenters. The van der Waals surface area contributed by atoms with Crippen LogP contribution in [0, 0.1) is 5.82 Å². The molecule has 1 aromatic rings. The largest absolute Gasteiger partial charge is 0.598 e. The van der Waals surface area contributed by atoms with E-state index in [0.717, 1.165) is 36.8 Å². The van der Waals surface area contributed by atoms with Crippen LogP contribution in [0.15, 0.2) is 18.2 Å². The summed E-state index contributed by atoms with van der Waals surface area (Å²) in [4.78, 5) is 15.3. The van der Waals surface area contributed by atoms with Crippen LogP contribution in [0.1, 0.15) is 77.8 Å². The Bertz CT molecular complexity index is 793. The Morgan fingerprint density at radius 3 is 2.57 bits per heavy atom. The van der Waals surface area contributed by atoms with Crippen molar-refractivity contribution in [3.05, 3.63) is 35.1 Å². The molecule has 1 amide bonds. The van der Waals surface area contributed by atoms with Gasteiger partial charge in [0, 0.05) is 23.8 Å². The molecule has 0 spiro atoms. The molecular formula is C23H35FN2O3S. The minimum absolute atomic E-state index is 0.0397. The fourth-order valence-electron chi connectivity index (χ4n) is 5.13. The van der Waals surface area contributed by atoms with E-state index in [1.165, 1.54) is 6.07 Å². The lowest BCUT2D eigenvalue weighted by Crippen LogP contribution is -2.56. The number of hydrogen-bond acceptors (Lipinski definition) is 4. The minimum atomic E-state index is -1.54. The quantitative estimate of drug-likeness (QED) is 0.698. The first-order valence-electron chi connectivity index (χ1n) is 10.8. The van der Waals surface area contributed by atoms with Gasteiger partial charge in [0.2, 0.25) is 0 Å². The molecule has 2 N–H and O–H groups in total. The lowest BCUT2D eigenvalue weighted by atomic mass is 9.80. The van der Waals surface area contributed by atoms with Gasteiger partial charge < -0.3 is 9.29 Å². The third kappa shape index (κ3) is 4.94. The molecular weight excluding hydrogens is 403 g/mol. The van der Waals surface area contributed by atoms with Crippen molar-refractivity contribution < 1.29 is 18.5 Å². The van der Waals surface area contributed by atoms with E-state index in [1.807, 2.05) is 45.6 Å². The lowest BCUT2D eigenvalue weighted by Gasteiger charge is -2.44. The number of carbonyl (C=O) groups is 1. The summed E-state index contributed by atoms with van der Waals surface area (Å²) in [6.45, 7) is 9.38. The summed E-state index contributed by atoms with van der Waals surface area (Å²) in [6, 6.07) is 5.04. The number of hydrogen-bond donors (Lipinski definition) is 1. The van der Waals surface area contributed by atoms with Crippen LogP contribution in [0.25, 0.3) is 0 Å². The summed E-state index contributed by atoms with van der Waals surface area (Å²) in [5.74, 6) is -0.236. The maximum Gasteiger partial charge on any atom is 0.411 e. The number of ether oxygens (including phenoxy) is 1. The van der Waals surface area contributed by atoms with Gasteiger partial charge in [-0.25, -0.2) is 9.18 Å². The molecule has 3 rings (SSSR count). The van der Waals surface area contributed by atoms with E-state index in [9.17, 15) is 13.7 Å². The molecule has 30 heavy (non-hydrogen) atoms. The van der Waals surface area contributed by atoms with Gasteiger partial charge in [-0.2, -0.15) is 5.14 Å². The van der Waals surface area contributed by atoms with Crippen molar-refractivity contribution in [2.24, 2.45) is 5.14 Å². The van der Waals surface area contributed by atoms with Crippen LogP contribution in [0.3, 0.4) is 0 Å². The molecule has 5 nitrogen and oxygen atoms in total. The summed E-state index contributed by atoms with van der Waals surface area (Å²) in [6.07, 6.45) is 4.80.